The Morgan fingerprint density at radius 3 is 3.00 bits per heavy atom. The molecule has 0 saturated heterocycles. The van der Waals surface area contributed by atoms with Gasteiger partial charge in [0, 0.05) is 16.7 Å². The molecular formula is C16H17BrN2. The zero-order chi connectivity index (χ0) is 13.2. The van der Waals surface area contributed by atoms with Gasteiger partial charge in [-0.3, -0.25) is 4.98 Å². The van der Waals surface area contributed by atoms with Crippen LogP contribution in [0.2, 0.25) is 0 Å². The summed E-state index contributed by atoms with van der Waals surface area (Å²) in [6.07, 6.45) is 7.18. The second kappa shape index (κ2) is 5.33. The highest BCUT2D eigenvalue weighted by molar-refractivity contribution is 9.10. The molecule has 1 aliphatic rings. The first kappa shape index (κ1) is 12.7. The summed E-state index contributed by atoms with van der Waals surface area (Å²) in [6, 6.07) is 9.19. The first-order valence-corrected chi connectivity index (χ1v) is 7.46. The molecule has 0 bridgehead atoms. The molecule has 2 nitrogen and oxygen atoms in total. The van der Waals surface area contributed by atoms with E-state index in [4.69, 9.17) is 0 Å². The van der Waals surface area contributed by atoms with Crippen LogP contribution >= 0.6 is 15.9 Å². The lowest BCUT2D eigenvalue weighted by Gasteiger charge is -2.27. The third kappa shape index (κ3) is 2.81. The van der Waals surface area contributed by atoms with Gasteiger partial charge in [-0.25, -0.2) is 0 Å². The van der Waals surface area contributed by atoms with Crippen molar-refractivity contribution >= 4 is 21.6 Å². The summed E-state index contributed by atoms with van der Waals surface area (Å²) in [5.41, 5.74) is 5.37. The fraction of sp³-hybridized carbons (Fsp3) is 0.312. The lowest BCUT2D eigenvalue weighted by molar-refractivity contribution is 0.610. The molecule has 1 N–H and O–H groups in total. The second-order valence-electron chi connectivity index (χ2n) is 5.19. The number of hydrogen-bond acceptors (Lipinski definition) is 2. The van der Waals surface area contributed by atoms with Crippen molar-refractivity contribution in [2.75, 3.05) is 5.32 Å². The Balaban J connectivity index is 1.76. The number of halogens is 1. The van der Waals surface area contributed by atoms with Crippen LogP contribution in [0.3, 0.4) is 0 Å². The van der Waals surface area contributed by atoms with Crippen LogP contribution in [0.5, 0.6) is 0 Å². The van der Waals surface area contributed by atoms with Crippen molar-refractivity contribution in [3.63, 3.8) is 0 Å². The monoisotopic (exact) mass is 316 g/mol. The summed E-state index contributed by atoms with van der Waals surface area (Å²) in [7, 11) is 0. The summed E-state index contributed by atoms with van der Waals surface area (Å²) in [5, 5.41) is 3.63. The molecule has 2 aromatic rings. The number of hydrogen-bond donors (Lipinski definition) is 1. The van der Waals surface area contributed by atoms with E-state index in [0.717, 1.165) is 18.5 Å². The second-order valence-corrected chi connectivity index (χ2v) is 6.10. The lowest BCUT2D eigenvalue weighted by Crippen LogP contribution is -2.27. The van der Waals surface area contributed by atoms with Gasteiger partial charge in [0.2, 0.25) is 0 Å². The van der Waals surface area contributed by atoms with Gasteiger partial charge in [-0.2, -0.15) is 0 Å². The highest BCUT2D eigenvalue weighted by Gasteiger charge is 2.18. The molecule has 0 radical (unpaired) electrons. The van der Waals surface area contributed by atoms with Crippen LogP contribution in [0.25, 0.3) is 0 Å². The Kier molecular flexibility index (Phi) is 3.56. The summed E-state index contributed by atoms with van der Waals surface area (Å²) in [6.45, 7) is 2.12. The van der Waals surface area contributed by atoms with Crippen LogP contribution in [0.15, 0.2) is 41.1 Å². The number of rotatable bonds is 2. The van der Waals surface area contributed by atoms with Crippen LogP contribution < -0.4 is 5.32 Å². The third-order valence-corrected chi connectivity index (χ3v) is 4.29. The van der Waals surface area contributed by atoms with Crippen molar-refractivity contribution in [2.24, 2.45) is 0 Å². The summed E-state index contributed by atoms with van der Waals surface area (Å²) in [4.78, 5) is 4.20. The van der Waals surface area contributed by atoms with Crippen LogP contribution in [0.4, 0.5) is 5.69 Å². The zero-order valence-electron chi connectivity index (χ0n) is 11.0. The molecule has 0 saturated carbocycles. The van der Waals surface area contributed by atoms with Crippen molar-refractivity contribution in [1.82, 2.24) is 4.98 Å². The fourth-order valence-corrected chi connectivity index (χ4v) is 3.09. The van der Waals surface area contributed by atoms with Crippen molar-refractivity contribution < 1.29 is 0 Å². The van der Waals surface area contributed by atoms with Crippen LogP contribution in [0, 0.1) is 6.92 Å². The Hall–Kier alpha value is -1.35. The normalized spacial score (nSPS) is 17.9. The van der Waals surface area contributed by atoms with Crippen molar-refractivity contribution in [2.45, 2.75) is 32.2 Å². The molecule has 1 atom stereocenters. The third-order valence-electron chi connectivity index (χ3n) is 3.80. The summed E-state index contributed by atoms with van der Waals surface area (Å²) < 4.78 is 1.18. The number of fused-ring (bicyclic) bond motifs is 1. The average molecular weight is 317 g/mol. The highest BCUT2D eigenvalue weighted by Crippen LogP contribution is 2.27. The standard InChI is InChI=1S/C16H17BrN2/c1-11-6-7-18-10-16(11)19-15-5-3-12-8-14(17)4-2-13(12)9-15/h2,4,6-8,10,15,19H,3,5,9H2,1H3. The number of aromatic nitrogens is 1. The van der Waals surface area contributed by atoms with Crippen LogP contribution in [-0.2, 0) is 12.8 Å². The molecule has 1 heterocycles. The molecule has 3 heteroatoms. The van der Waals surface area contributed by atoms with Crippen LogP contribution in [-0.4, -0.2) is 11.0 Å². The smallest absolute Gasteiger partial charge is 0.0558 e. The maximum absolute atomic E-state index is 4.20. The number of nitrogens with one attached hydrogen (secondary N) is 1. The quantitative estimate of drug-likeness (QED) is 0.901. The molecule has 0 aliphatic heterocycles. The van der Waals surface area contributed by atoms with Crippen molar-refractivity contribution in [1.29, 1.82) is 0 Å². The van der Waals surface area contributed by atoms with Gasteiger partial charge in [-0.15, -0.1) is 0 Å². The summed E-state index contributed by atoms with van der Waals surface area (Å²) >= 11 is 3.54. The number of aryl methyl sites for hydroxylation is 2. The Labute approximate surface area is 122 Å². The summed E-state index contributed by atoms with van der Waals surface area (Å²) in [5.74, 6) is 0. The van der Waals surface area contributed by atoms with Crippen molar-refractivity contribution in [3.8, 4) is 0 Å². The zero-order valence-corrected chi connectivity index (χ0v) is 12.6. The fourth-order valence-electron chi connectivity index (χ4n) is 2.68. The molecule has 0 spiro atoms. The van der Waals surface area contributed by atoms with E-state index in [9.17, 15) is 0 Å². The van der Waals surface area contributed by atoms with E-state index in [2.05, 4.69) is 57.4 Å². The molecule has 1 aromatic carbocycles. The minimum atomic E-state index is 0.511. The maximum Gasteiger partial charge on any atom is 0.0558 e. The molecule has 1 aliphatic carbocycles. The first-order chi connectivity index (χ1) is 9.22. The van der Waals surface area contributed by atoms with E-state index in [1.54, 1.807) is 0 Å². The minimum absolute atomic E-state index is 0.511. The first-order valence-electron chi connectivity index (χ1n) is 6.67. The van der Waals surface area contributed by atoms with E-state index in [0.29, 0.717) is 6.04 Å². The topological polar surface area (TPSA) is 24.9 Å². The molecule has 98 valence electrons. The van der Waals surface area contributed by atoms with E-state index in [-0.39, 0.29) is 0 Å². The maximum atomic E-state index is 4.20. The van der Waals surface area contributed by atoms with Gasteiger partial charge < -0.3 is 5.32 Å². The SMILES string of the molecule is Cc1ccncc1NC1CCc2cc(Br)ccc2C1. The van der Waals surface area contributed by atoms with Crippen molar-refractivity contribution in [3.05, 3.63) is 57.8 Å². The molecule has 0 fully saturated rings. The Morgan fingerprint density at radius 2 is 2.16 bits per heavy atom. The van der Waals surface area contributed by atoms with E-state index < -0.39 is 0 Å². The number of anilines is 1. The van der Waals surface area contributed by atoms with Gasteiger partial charge in [0.15, 0.2) is 0 Å². The van der Waals surface area contributed by atoms with Gasteiger partial charge in [-0.1, -0.05) is 22.0 Å². The van der Waals surface area contributed by atoms with Gasteiger partial charge in [-0.05, 0) is 61.1 Å². The Bertz CT molecular complexity index is 595. The molecule has 1 aromatic heterocycles. The van der Waals surface area contributed by atoms with Gasteiger partial charge in [0.05, 0.1) is 11.9 Å². The molecule has 19 heavy (non-hydrogen) atoms. The molecule has 1 unspecified atom stereocenters. The molecular weight excluding hydrogens is 300 g/mol. The molecule has 3 rings (SSSR count). The van der Waals surface area contributed by atoms with E-state index in [1.165, 1.54) is 27.6 Å². The number of benzene rings is 1. The minimum Gasteiger partial charge on any atom is -0.381 e. The lowest BCUT2D eigenvalue weighted by atomic mass is 9.88. The van der Waals surface area contributed by atoms with E-state index in [1.807, 2.05) is 12.4 Å². The molecule has 0 amide bonds. The number of nitrogens with zero attached hydrogens (tertiary/aromatic N) is 1. The van der Waals surface area contributed by atoms with Gasteiger partial charge >= 0.3 is 0 Å². The predicted molar refractivity (Wildman–Crippen MR) is 82.6 cm³/mol. The average Bonchev–Trinajstić information content (AvgIpc) is 2.41. The highest BCUT2D eigenvalue weighted by atomic mass is 79.9. The largest absolute Gasteiger partial charge is 0.381 e. The Morgan fingerprint density at radius 1 is 1.26 bits per heavy atom. The van der Waals surface area contributed by atoms with Gasteiger partial charge in [0.25, 0.3) is 0 Å². The van der Waals surface area contributed by atoms with Crippen LogP contribution in [0.1, 0.15) is 23.1 Å². The predicted octanol–water partition coefficient (Wildman–Crippen LogP) is 4.12. The van der Waals surface area contributed by atoms with E-state index >= 15 is 0 Å². The number of pyridine rings is 1. The van der Waals surface area contributed by atoms with Gasteiger partial charge in [0.1, 0.15) is 0 Å².